The Kier molecular flexibility index (Phi) is 6.86. The molecule has 1 aliphatic heterocycles. The summed E-state index contributed by atoms with van der Waals surface area (Å²) in [6.07, 6.45) is -0.264. The van der Waals surface area contributed by atoms with Crippen LogP contribution in [0.4, 0.5) is 4.79 Å². The molecule has 1 fully saturated rings. The molecule has 0 aromatic heterocycles. The van der Waals surface area contributed by atoms with Gasteiger partial charge in [0, 0.05) is 13.0 Å². The molecule has 1 unspecified atom stereocenters. The number of rotatable bonds is 7. The van der Waals surface area contributed by atoms with Crippen molar-refractivity contribution in [3.05, 3.63) is 63.7 Å². The van der Waals surface area contributed by atoms with Gasteiger partial charge in [0.2, 0.25) is 15.9 Å². The van der Waals surface area contributed by atoms with Gasteiger partial charge in [0.1, 0.15) is 5.54 Å². The van der Waals surface area contributed by atoms with E-state index in [-0.39, 0.29) is 17.9 Å². The third kappa shape index (κ3) is 4.43. The molecule has 2 aromatic carbocycles. The Morgan fingerprint density at radius 3 is 2.03 bits per heavy atom. The van der Waals surface area contributed by atoms with Crippen molar-refractivity contribution in [3.8, 4) is 0 Å². The van der Waals surface area contributed by atoms with Gasteiger partial charge in [0.15, 0.2) is 0 Å². The maximum absolute atomic E-state index is 13.0. The van der Waals surface area contributed by atoms with Crippen molar-refractivity contribution >= 4 is 27.9 Å². The number of imide groups is 1. The lowest BCUT2D eigenvalue weighted by Crippen LogP contribution is -2.48. The van der Waals surface area contributed by atoms with Crippen LogP contribution in [-0.2, 0) is 25.2 Å². The minimum Gasteiger partial charge on any atom is -0.318 e. The zero-order valence-electron chi connectivity index (χ0n) is 20.2. The van der Waals surface area contributed by atoms with Gasteiger partial charge in [-0.2, -0.15) is 5.01 Å². The maximum Gasteiger partial charge on any atom is 0.344 e. The third-order valence-corrected chi connectivity index (χ3v) is 8.36. The minimum absolute atomic E-state index is 0.196. The third-order valence-electron chi connectivity index (χ3n) is 6.62. The Morgan fingerprint density at radius 2 is 1.47 bits per heavy atom. The molecular weight excluding hydrogens is 456 g/mol. The van der Waals surface area contributed by atoms with E-state index in [1.165, 1.54) is 0 Å². The fourth-order valence-corrected chi connectivity index (χ4v) is 5.76. The Morgan fingerprint density at radius 1 is 0.941 bits per heavy atom. The molecule has 3 rings (SSSR count). The highest BCUT2D eigenvalue weighted by Crippen LogP contribution is 2.30. The van der Waals surface area contributed by atoms with Crippen LogP contribution in [0.25, 0.3) is 0 Å². The maximum atomic E-state index is 13.0. The molecule has 4 amide bonds. The number of hydrazine groups is 1. The summed E-state index contributed by atoms with van der Waals surface area (Å²) in [5.41, 5.74) is 5.72. The molecule has 1 saturated heterocycles. The molecule has 1 aliphatic rings. The highest BCUT2D eigenvalue weighted by molar-refractivity contribution is 7.89. The normalized spacial score (nSPS) is 18.2. The topological polar surface area (TPSA) is 125 Å². The number of nitrogens with one attached hydrogen (secondary N) is 3. The van der Waals surface area contributed by atoms with Crippen molar-refractivity contribution in [1.82, 2.24) is 20.5 Å². The number of hydrogen-bond donors (Lipinski definition) is 3. The smallest absolute Gasteiger partial charge is 0.318 e. The van der Waals surface area contributed by atoms with Gasteiger partial charge in [0.05, 0.1) is 4.90 Å². The Balaban J connectivity index is 1.66. The molecule has 3 N–H and O–H groups in total. The summed E-state index contributed by atoms with van der Waals surface area (Å²) in [5, 5.41) is 3.22. The van der Waals surface area contributed by atoms with E-state index in [9.17, 15) is 22.8 Å². The van der Waals surface area contributed by atoms with Crippen LogP contribution in [0, 0.1) is 34.6 Å². The summed E-state index contributed by atoms with van der Waals surface area (Å²) in [6, 6.07) is 7.92. The number of sulfonamides is 1. The Bertz CT molecular complexity index is 1250. The number of benzene rings is 2. The molecule has 1 atom stereocenters. The standard InChI is InChI=1S/C24H30N4O5S/c1-14-15(2)17(4)21(18(5)16(14)3)34(32,33)25-13-12-20(29)27-28-22(30)24(6,26-23(28)31)19-10-8-7-9-11-19/h7-11,25H,12-13H2,1-6H3,(H,26,31)(H,27,29). The summed E-state index contributed by atoms with van der Waals surface area (Å²) in [7, 11) is -3.87. The van der Waals surface area contributed by atoms with Gasteiger partial charge < -0.3 is 5.32 Å². The number of urea groups is 1. The first-order chi connectivity index (χ1) is 15.8. The van der Waals surface area contributed by atoms with Gasteiger partial charge in [0.25, 0.3) is 5.91 Å². The van der Waals surface area contributed by atoms with Crippen LogP contribution < -0.4 is 15.5 Å². The summed E-state index contributed by atoms with van der Waals surface area (Å²) in [5.74, 6) is -1.30. The summed E-state index contributed by atoms with van der Waals surface area (Å²) < 4.78 is 28.4. The quantitative estimate of drug-likeness (QED) is 0.519. The molecule has 0 spiro atoms. The summed E-state index contributed by atoms with van der Waals surface area (Å²) in [6.45, 7) is 10.6. The van der Waals surface area contributed by atoms with Crippen molar-refractivity contribution in [2.24, 2.45) is 0 Å². The van der Waals surface area contributed by atoms with Crippen molar-refractivity contribution in [2.75, 3.05) is 6.54 Å². The number of amides is 4. The fourth-order valence-electron chi connectivity index (χ4n) is 4.13. The molecular formula is C24H30N4O5S. The van der Waals surface area contributed by atoms with E-state index in [0.717, 1.165) is 16.7 Å². The van der Waals surface area contributed by atoms with Gasteiger partial charge >= 0.3 is 6.03 Å². The minimum atomic E-state index is -3.87. The lowest BCUT2D eigenvalue weighted by atomic mass is 9.92. The predicted molar refractivity (Wildman–Crippen MR) is 127 cm³/mol. The van der Waals surface area contributed by atoms with Crippen LogP contribution in [0.1, 0.15) is 46.7 Å². The lowest BCUT2D eigenvalue weighted by Gasteiger charge is -2.22. The molecule has 9 nitrogen and oxygen atoms in total. The molecule has 2 aromatic rings. The second-order valence-electron chi connectivity index (χ2n) is 8.70. The van der Waals surface area contributed by atoms with E-state index in [1.54, 1.807) is 51.1 Å². The average molecular weight is 487 g/mol. The Labute approximate surface area is 199 Å². The first kappa shape index (κ1) is 25.4. The monoisotopic (exact) mass is 486 g/mol. The summed E-state index contributed by atoms with van der Waals surface area (Å²) >= 11 is 0. The van der Waals surface area contributed by atoms with E-state index in [1.807, 2.05) is 20.8 Å². The van der Waals surface area contributed by atoms with Gasteiger partial charge in [-0.15, -0.1) is 0 Å². The number of nitrogens with zero attached hydrogens (tertiary/aromatic N) is 1. The number of carbonyl (C=O) groups excluding carboxylic acids is 3. The highest BCUT2D eigenvalue weighted by atomic mass is 32.2. The SMILES string of the molecule is Cc1c(C)c(C)c(S(=O)(=O)NCCC(=O)NN2C(=O)NC(C)(c3ccccc3)C2=O)c(C)c1C. The molecule has 0 bridgehead atoms. The van der Waals surface area contributed by atoms with Crippen molar-refractivity contribution < 1.29 is 22.8 Å². The molecule has 0 saturated carbocycles. The number of hydrogen-bond acceptors (Lipinski definition) is 5. The van der Waals surface area contributed by atoms with E-state index in [4.69, 9.17) is 0 Å². The molecule has 1 heterocycles. The van der Waals surface area contributed by atoms with E-state index < -0.39 is 33.4 Å². The van der Waals surface area contributed by atoms with Gasteiger partial charge in [-0.1, -0.05) is 30.3 Å². The Hall–Kier alpha value is -3.24. The molecule has 10 heteroatoms. The van der Waals surface area contributed by atoms with E-state index >= 15 is 0 Å². The average Bonchev–Trinajstić information content (AvgIpc) is 3.00. The highest BCUT2D eigenvalue weighted by Gasteiger charge is 2.49. The zero-order valence-corrected chi connectivity index (χ0v) is 21.0. The van der Waals surface area contributed by atoms with Crippen LogP contribution in [0.15, 0.2) is 35.2 Å². The zero-order chi connectivity index (χ0) is 25.4. The van der Waals surface area contributed by atoms with Crippen molar-refractivity contribution in [2.45, 2.75) is 58.4 Å². The van der Waals surface area contributed by atoms with Crippen molar-refractivity contribution in [1.29, 1.82) is 0 Å². The van der Waals surface area contributed by atoms with Gasteiger partial charge in [-0.05, 0) is 74.9 Å². The lowest BCUT2D eigenvalue weighted by molar-refractivity contribution is -0.138. The fraction of sp³-hybridized carbons (Fsp3) is 0.375. The first-order valence-electron chi connectivity index (χ1n) is 10.9. The second-order valence-corrected chi connectivity index (χ2v) is 10.4. The molecule has 182 valence electrons. The first-order valence-corrected chi connectivity index (χ1v) is 12.4. The van der Waals surface area contributed by atoms with Crippen LogP contribution in [0.5, 0.6) is 0 Å². The van der Waals surface area contributed by atoms with Crippen LogP contribution in [0.3, 0.4) is 0 Å². The van der Waals surface area contributed by atoms with Crippen molar-refractivity contribution in [3.63, 3.8) is 0 Å². The van der Waals surface area contributed by atoms with E-state index in [0.29, 0.717) is 21.7 Å². The molecule has 0 radical (unpaired) electrons. The van der Waals surface area contributed by atoms with Crippen LogP contribution in [-0.4, -0.2) is 37.8 Å². The summed E-state index contributed by atoms with van der Waals surface area (Å²) in [4.78, 5) is 37.9. The molecule has 34 heavy (non-hydrogen) atoms. The van der Waals surface area contributed by atoms with Crippen LogP contribution >= 0.6 is 0 Å². The largest absolute Gasteiger partial charge is 0.344 e. The predicted octanol–water partition coefficient (Wildman–Crippen LogP) is 2.40. The molecule has 0 aliphatic carbocycles. The van der Waals surface area contributed by atoms with Crippen LogP contribution in [0.2, 0.25) is 0 Å². The number of carbonyl (C=O) groups is 3. The van der Waals surface area contributed by atoms with Gasteiger partial charge in [-0.25, -0.2) is 17.9 Å². The second kappa shape index (κ2) is 9.19. The van der Waals surface area contributed by atoms with Gasteiger partial charge in [-0.3, -0.25) is 15.0 Å². The van der Waals surface area contributed by atoms with E-state index in [2.05, 4.69) is 15.5 Å².